The summed E-state index contributed by atoms with van der Waals surface area (Å²) in [5, 5.41) is 5.27. The number of anilines is 1. The SMILES string of the molecule is COc1ccc2c(c1)CCN(Cc1csc(NC(=O)c3ccc(S(=O)(=O)N(C)C)cc3)n1)C2. The van der Waals surface area contributed by atoms with Gasteiger partial charge in [0.15, 0.2) is 5.13 Å². The lowest BCUT2D eigenvalue weighted by Gasteiger charge is -2.28. The number of aromatic nitrogens is 1. The average molecular weight is 487 g/mol. The first kappa shape index (κ1) is 23.4. The lowest BCUT2D eigenvalue weighted by Crippen LogP contribution is -2.30. The predicted molar refractivity (Wildman–Crippen MR) is 128 cm³/mol. The fourth-order valence-electron chi connectivity index (χ4n) is 3.67. The van der Waals surface area contributed by atoms with Gasteiger partial charge in [-0.2, -0.15) is 0 Å². The van der Waals surface area contributed by atoms with E-state index < -0.39 is 10.0 Å². The Morgan fingerprint density at radius 1 is 1.18 bits per heavy atom. The number of ether oxygens (including phenoxy) is 1. The summed E-state index contributed by atoms with van der Waals surface area (Å²) in [5.74, 6) is 0.557. The predicted octanol–water partition coefficient (Wildman–Crippen LogP) is 3.21. The van der Waals surface area contributed by atoms with Crippen LogP contribution in [0.25, 0.3) is 0 Å². The van der Waals surface area contributed by atoms with E-state index in [4.69, 9.17) is 4.74 Å². The van der Waals surface area contributed by atoms with E-state index in [9.17, 15) is 13.2 Å². The number of amides is 1. The van der Waals surface area contributed by atoms with E-state index >= 15 is 0 Å². The van der Waals surface area contributed by atoms with Crippen molar-refractivity contribution in [1.82, 2.24) is 14.2 Å². The Bertz CT molecular complexity index is 1250. The molecule has 8 nitrogen and oxygen atoms in total. The molecule has 0 unspecified atom stereocenters. The van der Waals surface area contributed by atoms with E-state index in [1.54, 1.807) is 7.11 Å². The first-order valence-corrected chi connectivity index (χ1v) is 12.7. The Balaban J connectivity index is 1.36. The van der Waals surface area contributed by atoms with Crippen molar-refractivity contribution >= 4 is 32.4 Å². The Labute approximate surface area is 197 Å². The van der Waals surface area contributed by atoms with Crippen molar-refractivity contribution in [3.05, 3.63) is 70.2 Å². The number of carbonyl (C=O) groups excluding carboxylic acids is 1. The highest BCUT2D eigenvalue weighted by Crippen LogP contribution is 2.26. The molecule has 2 aromatic carbocycles. The number of nitrogens with zero attached hydrogens (tertiary/aromatic N) is 3. The van der Waals surface area contributed by atoms with Gasteiger partial charge in [-0.25, -0.2) is 17.7 Å². The van der Waals surface area contributed by atoms with Crippen LogP contribution < -0.4 is 10.1 Å². The van der Waals surface area contributed by atoms with Crippen molar-refractivity contribution in [2.75, 3.05) is 33.1 Å². The molecule has 174 valence electrons. The Morgan fingerprint density at radius 3 is 2.64 bits per heavy atom. The van der Waals surface area contributed by atoms with Gasteiger partial charge in [-0.3, -0.25) is 15.0 Å². The van der Waals surface area contributed by atoms with Gasteiger partial charge in [0.2, 0.25) is 10.0 Å². The molecule has 1 N–H and O–H groups in total. The van der Waals surface area contributed by atoms with Crippen LogP contribution in [0, 0.1) is 0 Å². The normalized spacial score (nSPS) is 14.2. The van der Waals surface area contributed by atoms with Gasteiger partial charge in [-0.05, 0) is 53.9 Å². The molecular formula is C23H26N4O4S2. The summed E-state index contributed by atoms with van der Waals surface area (Å²) in [4.78, 5) is 19.6. The van der Waals surface area contributed by atoms with Crippen molar-refractivity contribution < 1.29 is 17.9 Å². The molecule has 0 bridgehead atoms. The second-order valence-electron chi connectivity index (χ2n) is 8.01. The minimum Gasteiger partial charge on any atom is -0.497 e. The van der Waals surface area contributed by atoms with Crippen LogP contribution >= 0.6 is 11.3 Å². The van der Waals surface area contributed by atoms with Crippen LogP contribution in [0.3, 0.4) is 0 Å². The topological polar surface area (TPSA) is 91.8 Å². The van der Waals surface area contributed by atoms with E-state index in [0.29, 0.717) is 17.2 Å². The minimum atomic E-state index is -3.53. The second kappa shape index (κ2) is 9.60. The maximum atomic E-state index is 12.6. The van der Waals surface area contributed by atoms with Crippen molar-refractivity contribution in [3.63, 3.8) is 0 Å². The summed E-state index contributed by atoms with van der Waals surface area (Å²) < 4.78 is 30.8. The number of nitrogens with one attached hydrogen (secondary N) is 1. The summed E-state index contributed by atoms with van der Waals surface area (Å²) in [7, 11) is 1.09. The Kier molecular flexibility index (Phi) is 6.80. The number of methoxy groups -OCH3 is 1. The summed E-state index contributed by atoms with van der Waals surface area (Å²) in [5.41, 5.74) is 3.89. The van der Waals surface area contributed by atoms with E-state index in [2.05, 4.69) is 27.3 Å². The second-order valence-corrected chi connectivity index (χ2v) is 11.0. The molecule has 2 heterocycles. The number of hydrogen-bond donors (Lipinski definition) is 1. The zero-order valence-corrected chi connectivity index (χ0v) is 20.4. The smallest absolute Gasteiger partial charge is 0.257 e. The molecule has 0 fully saturated rings. The number of benzene rings is 2. The van der Waals surface area contributed by atoms with Crippen molar-refractivity contribution in [2.45, 2.75) is 24.4 Å². The molecule has 0 radical (unpaired) electrons. The zero-order valence-electron chi connectivity index (χ0n) is 18.7. The minimum absolute atomic E-state index is 0.141. The molecule has 0 saturated carbocycles. The van der Waals surface area contributed by atoms with E-state index in [1.165, 1.54) is 60.8 Å². The average Bonchev–Trinajstić information content (AvgIpc) is 3.25. The fourth-order valence-corrected chi connectivity index (χ4v) is 5.27. The van der Waals surface area contributed by atoms with Crippen molar-refractivity contribution in [2.24, 2.45) is 0 Å². The van der Waals surface area contributed by atoms with Gasteiger partial charge >= 0.3 is 0 Å². The maximum absolute atomic E-state index is 12.6. The lowest BCUT2D eigenvalue weighted by atomic mass is 9.99. The number of hydrogen-bond acceptors (Lipinski definition) is 7. The van der Waals surface area contributed by atoms with E-state index in [1.807, 2.05) is 11.4 Å². The quantitative estimate of drug-likeness (QED) is 0.551. The molecule has 3 aromatic rings. The van der Waals surface area contributed by atoms with Gasteiger partial charge in [0.05, 0.1) is 17.7 Å². The summed E-state index contributed by atoms with van der Waals surface area (Å²) in [6.07, 6.45) is 0.958. The molecule has 0 atom stereocenters. The number of sulfonamides is 1. The van der Waals surface area contributed by atoms with Crippen LogP contribution in [-0.2, 0) is 29.5 Å². The molecule has 1 aliphatic rings. The standard InChI is InChI=1S/C23H26N4O4S2/c1-26(2)33(29,30)21-8-5-16(6-9-21)22(28)25-23-24-19(15-32-23)14-27-11-10-17-12-20(31-3)7-4-18(17)13-27/h4-9,12,15H,10-11,13-14H2,1-3H3,(H,24,25,28). The van der Waals surface area contributed by atoms with Crippen LogP contribution in [-0.4, -0.2) is 56.3 Å². The summed E-state index contributed by atoms with van der Waals surface area (Å²) in [6, 6.07) is 12.1. The van der Waals surface area contributed by atoms with Crippen LogP contribution in [0.15, 0.2) is 52.7 Å². The molecule has 1 aromatic heterocycles. The van der Waals surface area contributed by atoms with Gasteiger partial charge in [0, 0.05) is 44.7 Å². The highest BCUT2D eigenvalue weighted by atomic mass is 32.2. The van der Waals surface area contributed by atoms with E-state index in [0.717, 1.165) is 35.3 Å². The van der Waals surface area contributed by atoms with Crippen molar-refractivity contribution in [3.8, 4) is 5.75 Å². The van der Waals surface area contributed by atoms with Gasteiger partial charge < -0.3 is 4.74 Å². The number of fused-ring (bicyclic) bond motifs is 1. The summed E-state index contributed by atoms with van der Waals surface area (Å²) >= 11 is 1.37. The summed E-state index contributed by atoms with van der Waals surface area (Å²) in [6.45, 7) is 2.48. The van der Waals surface area contributed by atoms with Crippen molar-refractivity contribution in [1.29, 1.82) is 0 Å². The van der Waals surface area contributed by atoms with Gasteiger partial charge in [-0.15, -0.1) is 11.3 Å². The van der Waals surface area contributed by atoms with Crippen LogP contribution in [0.2, 0.25) is 0 Å². The monoisotopic (exact) mass is 486 g/mol. The number of thiazole rings is 1. The Hall–Kier alpha value is -2.79. The lowest BCUT2D eigenvalue weighted by molar-refractivity contribution is 0.102. The molecule has 1 aliphatic heterocycles. The van der Waals surface area contributed by atoms with Gasteiger partial charge in [0.25, 0.3) is 5.91 Å². The van der Waals surface area contributed by atoms with Crippen LogP contribution in [0.1, 0.15) is 27.2 Å². The number of rotatable bonds is 7. The molecule has 4 rings (SSSR count). The molecule has 1 amide bonds. The zero-order chi connectivity index (χ0) is 23.6. The fraction of sp³-hybridized carbons (Fsp3) is 0.304. The van der Waals surface area contributed by atoms with E-state index in [-0.39, 0.29) is 10.8 Å². The maximum Gasteiger partial charge on any atom is 0.257 e. The highest BCUT2D eigenvalue weighted by molar-refractivity contribution is 7.89. The third-order valence-electron chi connectivity index (χ3n) is 5.56. The highest BCUT2D eigenvalue weighted by Gasteiger charge is 2.20. The van der Waals surface area contributed by atoms with Crippen LogP contribution in [0.5, 0.6) is 5.75 Å². The molecule has 33 heavy (non-hydrogen) atoms. The van der Waals surface area contributed by atoms with Gasteiger partial charge in [0.1, 0.15) is 5.75 Å². The van der Waals surface area contributed by atoms with Gasteiger partial charge in [-0.1, -0.05) is 6.07 Å². The first-order chi connectivity index (χ1) is 15.8. The Morgan fingerprint density at radius 2 is 1.94 bits per heavy atom. The third-order valence-corrected chi connectivity index (χ3v) is 8.19. The molecule has 0 aliphatic carbocycles. The van der Waals surface area contributed by atoms with Crippen LogP contribution in [0.4, 0.5) is 5.13 Å². The third kappa shape index (κ3) is 5.25. The molecule has 0 saturated heterocycles. The largest absolute Gasteiger partial charge is 0.497 e. The number of carbonyl (C=O) groups is 1. The first-order valence-electron chi connectivity index (χ1n) is 10.4. The molecule has 0 spiro atoms. The molecule has 10 heteroatoms. The molecular weight excluding hydrogens is 460 g/mol.